The molecule has 3 heterocycles. The molecule has 5 rings (SSSR count). The zero-order valence-corrected chi connectivity index (χ0v) is 24.1. The Bertz CT molecular complexity index is 1760. The van der Waals surface area contributed by atoms with Crippen LogP contribution in [-0.2, 0) is 9.53 Å². The lowest BCUT2D eigenvalue weighted by Crippen LogP contribution is -2.39. The number of rotatable bonds is 7. The number of benzene rings is 2. The van der Waals surface area contributed by atoms with Gasteiger partial charge in [0, 0.05) is 10.0 Å². The number of esters is 1. The first-order valence-electron chi connectivity index (χ1n) is 12.1. The van der Waals surface area contributed by atoms with Gasteiger partial charge in [-0.2, -0.15) is 0 Å². The number of hydrogen-bond acceptors (Lipinski definition) is 8. The van der Waals surface area contributed by atoms with Crippen molar-refractivity contribution in [2.24, 2.45) is 4.99 Å². The molecule has 10 heteroatoms. The van der Waals surface area contributed by atoms with E-state index < -0.39 is 12.0 Å². The monoisotopic (exact) mass is 608 g/mol. The van der Waals surface area contributed by atoms with Crippen LogP contribution in [0.15, 0.2) is 84.5 Å². The molecule has 0 bridgehead atoms. The summed E-state index contributed by atoms with van der Waals surface area (Å²) in [4.78, 5) is 32.0. The van der Waals surface area contributed by atoms with Gasteiger partial charge in [-0.3, -0.25) is 9.36 Å². The van der Waals surface area contributed by atoms with E-state index in [4.69, 9.17) is 18.6 Å². The van der Waals surface area contributed by atoms with E-state index >= 15 is 0 Å². The van der Waals surface area contributed by atoms with E-state index in [1.807, 2.05) is 36.4 Å². The molecule has 0 aliphatic carbocycles. The van der Waals surface area contributed by atoms with Crippen molar-refractivity contribution in [3.8, 4) is 22.8 Å². The normalized spacial score (nSPS) is 15.1. The largest absolute Gasteiger partial charge is 0.493 e. The fourth-order valence-corrected chi connectivity index (χ4v) is 5.73. The Morgan fingerprint density at radius 3 is 2.54 bits per heavy atom. The molecule has 0 radical (unpaired) electrons. The van der Waals surface area contributed by atoms with Crippen molar-refractivity contribution in [1.29, 1.82) is 0 Å². The van der Waals surface area contributed by atoms with Gasteiger partial charge in [-0.15, -0.1) is 0 Å². The number of ether oxygens (including phenoxy) is 3. The van der Waals surface area contributed by atoms with Crippen molar-refractivity contribution in [1.82, 2.24) is 4.57 Å². The molecule has 2 aromatic carbocycles. The lowest BCUT2D eigenvalue weighted by atomic mass is 10.0. The van der Waals surface area contributed by atoms with E-state index in [-0.39, 0.29) is 17.7 Å². The van der Waals surface area contributed by atoms with E-state index in [0.717, 1.165) is 15.6 Å². The molecule has 2 aromatic heterocycles. The van der Waals surface area contributed by atoms with Crippen molar-refractivity contribution in [2.75, 3.05) is 20.8 Å². The number of thiazole rings is 1. The molecule has 0 amide bonds. The Morgan fingerprint density at radius 2 is 1.85 bits per heavy atom. The van der Waals surface area contributed by atoms with E-state index in [1.165, 1.54) is 15.9 Å². The standard InChI is InChI=1S/C29H25BrN2O6S/c1-5-37-28(34)25-16(2)31-29-32(26(25)22-13-12-20(38-22)18-7-9-19(30)10-8-18)27(33)24(39-29)15-17-6-11-21(35-3)23(14-17)36-4/h6-15,26H,5H2,1-4H3/b24-15-/t26-/m0/s1. The maximum Gasteiger partial charge on any atom is 0.338 e. The third-order valence-electron chi connectivity index (χ3n) is 6.25. The first-order chi connectivity index (χ1) is 18.8. The summed E-state index contributed by atoms with van der Waals surface area (Å²) in [6, 6.07) is 15.9. The Kier molecular flexibility index (Phi) is 7.58. The highest BCUT2D eigenvalue weighted by molar-refractivity contribution is 9.10. The fraction of sp³-hybridized carbons (Fsp3) is 0.207. The zero-order chi connectivity index (χ0) is 27.7. The fourth-order valence-electron chi connectivity index (χ4n) is 4.42. The van der Waals surface area contributed by atoms with Gasteiger partial charge in [0.25, 0.3) is 5.56 Å². The van der Waals surface area contributed by atoms with Gasteiger partial charge < -0.3 is 18.6 Å². The minimum atomic E-state index is -0.836. The number of aromatic nitrogens is 1. The average molecular weight is 609 g/mol. The quantitative estimate of drug-likeness (QED) is 0.279. The number of carbonyl (C=O) groups is 1. The SMILES string of the molecule is CCOC(=O)C1=C(C)N=c2s/c(=C\c3ccc(OC)c(OC)c3)c(=O)n2[C@H]1c1ccc(-c2ccc(Br)cc2)o1. The molecule has 0 N–H and O–H groups in total. The Morgan fingerprint density at radius 1 is 1.10 bits per heavy atom. The molecule has 0 spiro atoms. The molecule has 1 aliphatic heterocycles. The Balaban J connectivity index is 1.67. The molecule has 200 valence electrons. The van der Waals surface area contributed by atoms with Crippen molar-refractivity contribution in [3.05, 3.63) is 101 Å². The van der Waals surface area contributed by atoms with E-state index in [2.05, 4.69) is 20.9 Å². The second kappa shape index (κ2) is 11.1. The summed E-state index contributed by atoms with van der Waals surface area (Å²) in [6.45, 7) is 3.66. The van der Waals surface area contributed by atoms with E-state index in [0.29, 0.717) is 38.1 Å². The zero-order valence-electron chi connectivity index (χ0n) is 21.7. The molecule has 0 fully saturated rings. The van der Waals surface area contributed by atoms with Crippen molar-refractivity contribution in [3.63, 3.8) is 0 Å². The minimum Gasteiger partial charge on any atom is -0.493 e. The predicted molar refractivity (Wildman–Crippen MR) is 152 cm³/mol. The maximum atomic E-state index is 13.8. The molecular weight excluding hydrogens is 584 g/mol. The van der Waals surface area contributed by atoms with Gasteiger partial charge in [-0.25, -0.2) is 9.79 Å². The number of methoxy groups -OCH3 is 2. The second-order valence-electron chi connectivity index (χ2n) is 8.63. The van der Waals surface area contributed by atoms with Gasteiger partial charge in [-0.05, 0) is 61.9 Å². The number of nitrogens with zero attached hydrogens (tertiary/aromatic N) is 2. The summed E-state index contributed by atoms with van der Waals surface area (Å²) in [5.74, 6) is 1.64. The van der Waals surface area contributed by atoms with Gasteiger partial charge in [-0.1, -0.05) is 45.5 Å². The first kappa shape index (κ1) is 26.7. The number of hydrogen-bond donors (Lipinski definition) is 0. The number of carbonyl (C=O) groups excluding carboxylic acids is 1. The Hall–Kier alpha value is -3.89. The Labute approximate surface area is 236 Å². The summed E-state index contributed by atoms with van der Waals surface area (Å²) < 4.78 is 25.2. The van der Waals surface area contributed by atoms with E-state index in [9.17, 15) is 9.59 Å². The summed E-state index contributed by atoms with van der Waals surface area (Å²) in [6.07, 6.45) is 1.77. The molecule has 0 unspecified atom stereocenters. The third-order valence-corrected chi connectivity index (χ3v) is 7.76. The molecular formula is C29H25BrN2O6S. The highest BCUT2D eigenvalue weighted by atomic mass is 79.9. The van der Waals surface area contributed by atoms with Crippen LogP contribution in [0, 0.1) is 0 Å². The molecule has 1 aliphatic rings. The van der Waals surface area contributed by atoms with Crippen LogP contribution in [0.3, 0.4) is 0 Å². The third kappa shape index (κ3) is 5.09. The van der Waals surface area contributed by atoms with Crippen LogP contribution >= 0.6 is 27.3 Å². The van der Waals surface area contributed by atoms with Gasteiger partial charge in [0.1, 0.15) is 17.6 Å². The summed E-state index contributed by atoms with van der Waals surface area (Å²) in [5, 5.41) is 0. The highest BCUT2D eigenvalue weighted by Gasteiger charge is 2.35. The number of allylic oxidation sites excluding steroid dienone is 1. The van der Waals surface area contributed by atoms with Gasteiger partial charge in [0.15, 0.2) is 16.3 Å². The predicted octanol–water partition coefficient (Wildman–Crippen LogP) is 4.84. The van der Waals surface area contributed by atoms with Crippen molar-refractivity contribution >= 4 is 39.3 Å². The molecule has 1 atom stereocenters. The molecule has 0 saturated carbocycles. The van der Waals surface area contributed by atoms with Crippen LogP contribution < -0.4 is 24.4 Å². The van der Waals surface area contributed by atoms with Gasteiger partial charge >= 0.3 is 5.97 Å². The van der Waals surface area contributed by atoms with Crippen LogP contribution in [-0.4, -0.2) is 31.4 Å². The van der Waals surface area contributed by atoms with Crippen LogP contribution in [0.1, 0.15) is 31.2 Å². The smallest absolute Gasteiger partial charge is 0.338 e. The van der Waals surface area contributed by atoms with Crippen LogP contribution in [0.25, 0.3) is 17.4 Å². The molecule has 0 saturated heterocycles. The average Bonchev–Trinajstić information content (AvgIpc) is 3.53. The topological polar surface area (TPSA) is 92.3 Å². The van der Waals surface area contributed by atoms with Crippen molar-refractivity contribution in [2.45, 2.75) is 19.9 Å². The maximum absolute atomic E-state index is 13.8. The van der Waals surface area contributed by atoms with E-state index in [1.54, 1.807) is 52.3 Å². The lowest BCUT2D eigenvalue weighted by Gasteiger charge is -2.22. The van der Waals surface area contributed by atoms with Crippen LogP contribution in [0.5, 0.6) is 11.5 Å². The lowest BCUT2D eigenvalue weighted by molar-refractivity contribution is -0.139. The molecule has 39 heavy (non-hydrogen) atoms. The first-order valence-corrected chi connectivity index (χ1v) is 13.7. The summed E-state index contributed by atoms with van der Waals surface area (Å²) in [5.41, 5.74) is 2.06. The number of fused-ring (bicyclic) bond motifs is 1. The molecule has 4 aromatic rings. The van der Waals surface area contributed by atoms with Gasteiger partial charge in [0.2, 0.25) is 0 Å². The highest BCUT2D eigenvalue weighted by Crippen LogP contribution is 2.34. The summed E-state index contributed by atoms with van der Waals surface area (Å²) in [7, 11) is 3.12. The number of halogens is 1. The van der Waals surface area contributed by atoms with Crippen molar-refractivity contribution < 1.29 is 23.4 Å². The summed E-state index contributed by atoms with van der Waals surface area (Å²) >= 11 is 4.68. The molecule has 8 nitrogen and oxygen atoms in total. The second-order valence-corrected chi connectivity index (χ2v) is 10.6. The van der Waals surface area contributed by atoms with Crippen LogP contribution in [0.4, 0.5) is 0 Å². The van der Waals surface area contributed by atoms with Crippen LogP contribution in [0.2, 0.25) is 0 Å². The van der Waals surface area contributed by atoms with Gasteiger partial charge in [0.05, 0.1) is 36.6 Å². The minimum absolute atomic E-state index is 0.189. The number of furan rings is 1.